The molecule has 22 heavy (non-hydrogen) atoms. The molecule has 0 amide bonds. The minimum atomic E-state index is -0.519. The molecule has 2 saturated heterocycles. The Balaban J connectivity index is 1.67. The van der Waals surface area contributed by atoms with Crippen molar-refractivity contribution < 1.29 is 9.84 Å². The lowest BCUT2D eigenvalue weighted by molar-refractivity contribution is -0.148. The number of ether oxygens (including phenoxy) is 1. The number of rotatable bonds is 6. The first-order valence-corrected chi connectivity index (χ1v) is 8.41. The predicted octanol–water partition coefficient (Wildman–Crippen LogP) is 3.14. The lowest BCUT2D eigenvalue weighted by atomic mass is 9.78. The van der Waals surface area contributed by atoms with Crippen LogP contribution in [0.4, 0.5) is 0 Å². The van der Waals surface area contributed by atoms with Crippen LogP contribution in [0.25, 0.3) is 0 Å². The van der Waals surface area contributed by atoms with Crippen molar-refractivity contribution >= 4 is 0 Å². The highest BCUT2D eigenvalue weighted by molar-refractivity contribution is 5.15. The van der Waals surface area contributed by atoms with E-state index in [-0.39, 0.29) is 0 Å². The van der Waals surface area contributed by atoms with Crippen molar-refractivity contribution in [2.75, 3.05) is 13.2 Å². The molecule has 0 aromatic heterocycles. The van der Waals surface area contributed by atoms with Gasteiger partial charge in [0.15, 0.2) is 0 Å². The standard InChI is InChI=1S/C19H27NO2/c1-2-3-7-10-19(21)11-17-14-22-15-18(12-19)20(17)13-16-8-5-4-6-9-16/h2,4-6,8-9,17-18,21H,1,3,7,10-15H2. The minimum Gasteiger partial charge on any atom is -0.390 e. The average Bonchev–Trinajstić information content (AvgIpc) is 2.50. The van der Waals surface area contributed by atoms with Gasteiger partial charge in [-0.1, -0.05) is 36.4 Å². The monoisotopic (exact) mass is 301 g/mol. The first kappa shape index (κ1) is 15.7. The summed E-state index contributed by atoms with van der Waals surface area (Å²) < 4.78 is 5.75. The van der Waals surface area contributed by atoms with E-state index in [9.17, 15) is 5.11 Å². The Hall–Kier alpha value is -1.16. The molecule has 1 aromatic rings. The lowest BCUT2D eigenvalue weighted by Crippen LogP contribution is -2.61. The highest BCUT2D eigenvalue weighted by Gasteiger charge is 2.45. The number of benzene rings is 1. The Morgan fingerprint density at radius 2 is 1.91 bits per heavy atom. The van der Waals surface area contributed by atoms with Crippen LogP contribution in [0.1, 0.15) is 37.7 Å². The molecule has 2 fully saturated rings. The van der Waals surface area contributed by atoms with E-state index in [1.807, 2.05) is 6.08 Å². The number of hydrogen-bond donors (Lipinski definition) is 1. The van der Waals surface area contributed by atoms with Gasteiger partial charge in [-0.2, -0.15) is 0 Å². The molecule has 2 heterocycles. The van der Waals surface area contributed by atoms with Crippen LogP contribution >= 0.6 is 0 Å². The summed E-state index contributed by atoms with van der Waals surface area (Å²) in [6, 6.07) is 11.3. The van der Waals surface area contributed by atoms with Crippen LogP contribution < -0.4 is 0 Å². The molecule has 0 radical (unpaired) electrons. The van der Waals surface area contributed by atoms with Gasteiger partial charge in [0.05, 0.1) is 18.8 Å². The lowest BCUT2D eigenvalue weighted by Gasteiger charge is -2.52. The molecule has 1 aromatic carbocycles. The Morgan fingerprint density at radius 1 is 1.23 bits per heavy atom. The van der Waals surface area contributed by atoms with Crippen molar-refractivity contribution in [2.24, 2.45) is 0 Å². The molecule has 2 aliphatic heterocycles. The van der Waals surface area contributed by atoms with Crippen LogP contribution in [0.15, 0.2) is 43.0 Å². The Kier molecular flexibility index (Phi) is 4.97. The summed E-state index contributed by atoms with van der Waals surface area (Å²) in [5.74, 6) is 0. The number of unbranched alkanes of at least 4 members (excludes halogenated alkanes) is 1. The summed E-state index contributed by atoms with van der Waals surface area (Å²) in [4.78, 5) is 2.54. The van der Waals surface area contributed by atoms with Crippen LogP contribution in [-0.2, 0) is 11.3 Å². The van der Waals surface area contributed by atoms with E-state index in [1.165, 1.54) is 5.56 Å². The molecule has 2 atom stereocenters. The van der Waals surface area contributed by atoms with Gasteiger partial charge in [0.1, 0.15) is 0 Å². The molecule has 2 aliphatic rings. The summed E-state index contributed by atoms with van der Waals surface area (Å²) in [5.41, 5.74) is 0.825. The molecule has 3 rings (SSSR count). The maximum Gasteiger partial charge on any atom is 0.0679 e. The number of aliphatic hydroxyl groups is 1. The van der Waals surface area contributed by atoms with Crippen LogP contribution in [0.2, 0.25) is 0 Å². The van der Waals surface area contributed by atoms with Gasteiger partial charge in [-0.25, -0.2) is 0 Å². The average molecular weight is 301 g/mol. The third kappa shape index (κ3) is 3.60. The molecule has 3 heteroatoms. The second-order valence-electron chi connectivity index (χ2n) is 6.82. The summed E-state index contributed by atoms with van der Waals surface area (Å²) >= 11 is 0. The predicted molar refractivity (Wildman–Crippen MR) is 88.6 cm³/mol. The highest BCUT2D eigenvalue weighted by Crippen LogP contribution is 2.38. The molecular weight excluding hydrogens is 274 g/mol. The molecule has 2 unspecified atom stereocenters. The van der Waals surface area contributed by atoms with Gasteiger partial charge in [-0.3, -0.25) is 4.90 Å². The number of morpholine rings is 1. The summed E-state index contributed by atoms with van der Waals surface area (Å²) in [5, 5.41) is 11.0. The largest absolute Gasteiger partial charge is 0.390 e. The van der Waals surface area contributed by atoms with Gasteiger partial charge in [0, 0.05) is 18.6 Å². The summed E-state index contributed by atoms with van der Waals surface area (Å²) in [7, 11) is 0. The molecule has 0 saturated carbocycles. The first-order valence-electron chi connectivity index (χ1n) is 8.41. The summed E-state index contributed by atoms with van der Waals surface area (Å²) in [6.45, 7) is 6.22. The van der Waals surface area contributed by atoms with Crippen LogP contribution in [0.5, 0.6) is 0 Å². The molecule has 0 spiro atoms. The number of piperidine rings is 1. The Labute approximate surface area is 133 Å². The van der Waals surface area contributed by atoms with Crippen molar-refractivity contribution in [1.82, 2.24) is 4.90 Å². The van der Waals surface area contributed by atoms with E-state index >= 15 is 0 Å². The number of hydrogen-bond acceptors (Lipinski definition) is 3. The minimum absolute atomic E-state index is 0.335. The number of nitrogens with zero attached hydrogens (tertiary/aromatic N) is 1. The van der Waals surface area contributed by atoms with Crippen molar-refractivity contribution in [3.8, 4) is 0 Å². The van der Waals surface area contributed by atoms with Crippen molar-refractivity contribution in [1.29, 1.82) is 0 Å². The zero-order valence-electron chi connectivity index (χ0n) is 13.3. The molecular formula is C19H27NO2. The Morgan fingerprint density at radius 3 is 2.55 bits per heavy atom. The molecule has 0 aliphatic carbocycles. The van der Waals surface area contributed by atoms with Crippen molar-refractivity contribution in [3.63, 3.8) is 0 Å². The smallest absolute Gasteiger partial charge is 0.0679 e. The SMILES string of the molecule is C=CCCCC1(O)CC2COCC(C1)N2Cc1ccccc1. The second-order valence-corrected chi connectivity index (χ2v) is 6.82. The first-order chi connectivity index (χ1) is 10.7. The van der Waals surface area contributed by atoms with Crippen LogP contribution in [-0.4, -0.2) is 40.9 Å². The van der Waals surface area contributed by atoms with Gasteiger partial charge in [0.2, 0.25) is 0 Å². The zero-order valence-corrected chi connectivity index (χ0v) is 13.3. The fraction of sp³-hybridized carbons (Fsp3) is 0.579. The molecule has 2 bridgehead atoms. The van der Waals surface area contributed by atoms with Crippen molar-refractivity contribution in [2.45, 2.75) is 56.3 Å². The van der Waals surface area contributed by atoms with Crippen LogP contribution in [0, 0.1) is 0 Å². The normalized spacial score (nSPS) is 31.9. The third-order valence-electron chi connectivity index (χ3n) is 5.05. The van der Waals surface area contributed by atoms with E-state index in [4.69, 9.17) is 4.74 Å². The van der Waals surface area contributed by atoms with Gasteiger partial charge in [0.25, 0.3) is 0 Å². The molecule has 1 N–H and O–H groups in total. The van der Waals surface area contributed by atoms with Crippen molar-refractivity contribution in [3.05, 3.63) is 48.6 Å². The van der Waals surface area contributed by atoms with E-state index in [1.54, 1.807) is 0 Å². The van der Waals surface area contributed by atoms with E-state index in [0.717, 1.165) is 51.9 Å². The fourth-order valence-corrected chi connectivity index (χ4v) is 3.97. The third-order valence-corrected chi connectivity index (χ3v) is 5.05. The maximum atomic E-state index is 11.0. The second kappa shape index (κ2) is 6.95. The number of fused-ring (bicyclic) bond motifs is 2. The van der Waals surface area contributed by atoms with Gasteiger partial charge >= 0.3 is 0 Å². The fourth-order valence-electron chi connectivity index (χ4n) is 3.97. The maximum absolute atomic E-state index is 11.0. The molecule has 3 nitrogen and oxygen atoms in total. The molecule has 120 valence electrons. The van der Waals surface area contributed by atoms with E-state index < -0.39 is 5.60 Å². The Bertz CT molecular complexity index is 473. The van der Waals surface area contributed by atoms with E-state index in [0.29, 0.717) is 12.1 Å². The van der Waals surface area contributed by atoms with Gasteiger partial charge in [-0.15, -0.1) is 6.58 Å². The number of allylic oxidation sites excluding steroid dienone is 1. The van der Waals surface area contributed by atoms with Gasteiger partial charge < -0.3 is 9.84 Å². The van der Waals surface area contributed by atoms with Gasteiger partial charge in [-0.05, 0) is 37.7 Å². The van der Waals surface area contributed by atoms with E-state index in [2.05, 4.69) is 41.8 Å². The van der Waals surface area contributed by atoms with Crippen LogP contribution in [0.3, 0.4) is 0 Å². The topological polar surface area (TPSA) is 32.7 Å². The highest BCUT2D eigenvalue weighted by atomic mass is 16.5. The zero-order chi connectivity index (χ0) is 15.4. The quantitative estimate of drug-likeness (QED) is 0.647. The summed E-state index contributed by atoms with van der Waals surface area (Å²) in [6.07, 6.45) is 6.49.